The summed E-state index contributed by atoms with van der Waals surface area (Å²) >= 11 is 7.13. The number of alkyl halides is 3. The van der Waals surface area contributed by atoms with Gasteiger partial charge < -0.3 is 0 Å². The summed E-state index contributed by atoms with van der Waals surface area (Å²) < 4.78 is 37.7. The molecule has 0 aliphatic heterocycles. The fourth-order valence-electron chi connectivity index (χ4n) is 0.881. The van der Waals surface area contributed by atoms with Crippen LogP contribution in [0, 0.1) is 9.65 Å². The topological polar surface area (TPSA) is 12.9 Å². The van der Waals surface area contributed by atoms with Crippen molar-refractivity contribution in [1.29, 1.82) is 0 Å². The molecule has 6 heteroatoms. The van der Waals surface area contributed by atoms with Gasteiger partial charge in [-0.2, -0.15) is 4.39 Å². The van der Waals surface area contributed by atoms with E-state index in [1.807, 2.05) is 0 Å². The Morgan fingerprint density at radius 2 is 2.15 bits per heavy atom. The summed E-state index contributed by atoms with van der Waals surface area (Å²) in [4.78, 5) is 3.28. The summed E-state index contributed by atoms with van der Waals surface area (Å²) in [6.07, 6.45) is -2.88. The van der Waals surface area contributed by atoms with E-state index in [-0.39, 0.29) is 11.4 Å². The molecule has 0 bridgehead atoms. The first kappa shape index (κ1) is 11.0. The van der Waals surface area contributed by atoms with Crippen LogP contribution in [0.5, 0.6) is 0 Å². The second-order valence-corrected chi connectivity index (χ2v) is 3.62. The van der Waals surface area contributed by atoms with Gasteiger partial charge in [0.1, 0.15) is 3.70 Å². The summed E-state index contributed by atoms with van der Waals surface area (Å²) in [7, 11) is 0. The fourth-order valence-corrected chi connectivity index (χ4v) is 1.69. The maximum Gasteiger partial charge on any atom is 0.268 e. The first-order chi connectivity index (χ1) is 6.06. The van der Waals surface area contributed by atoms with Crippen LogP contribution in [0.15, 0.2) is 6.07 Å². The van der Waals surface area contributed by atoms with E-state index in [4.69, 9.17) is 11.6 Å². The lowest BCUT2D eigenvalue weighted by atomic mass is 10.1. The molecule has 72 valence electrons. The second kappa shape index (κ2) is 4.45. The molecule has 13 heavy (non-hydrogen) atoms. The van der Waals surface area contributed by atoms with E-state index < -0.39 is 17.9 Å². The molecule has 0 aromatic carbocycles. The van der Waals surface area contributed by atoms with Crippen molar-refractivity contribution in [2.45, 2.75) is 12.3 Å². The predicted octanol–water partition coefficient (Wildman–Crippen LogP) is 3.50. The Hall–Kier alpha value is -0.0400. The van der Waals surface area contributed by atoms with Crippen LogP contribution in [0.2, 0.25) is 0 Å². The molecule has 1 nitrogen and oxygen atoms in total. The minimum atomic E-state index is -2.88. The first-order valence-electron chi connectivity index (χ1n) is 3.25. The summed E-state index contributed by atoms with van der Waals surface area (Å²) in [5.41, 5.74) is -0.607. The van der Waals surface area contributed by atoms with Crippen molar-refractivity contribution in [3.05, 3.63) is 26.8 Å². The maximum atomic E-state index is 12.9. The Bertz CT molecular complexity index is 319. The van der Waals surface area contributed by atoms with Crippen molar-refractivity contribution in [2.75, 3.05) is 0 Å². The largest absolute Gasteiger partial charge is 0.268 e. The molecule has 0 atom stereocenters. The highest BCUT2D eigenvalue weighted by atomic mass is 127. The molecule has 0 spiro atoms. The molecule has 0 saturated carbocycles. The average Bonchev–Trinajstić information content (AvgIpc) is 2.01. The molecular formula is C7H4ClF3IN. The van der Waals surface area contributed by atoms with E-state index in [2.05, 4.69) is 4.98 Å². The van der Waals surface area contributed by atoms with E-state index in [0.29, 0.717) is 3.70 Å². The van der Waals surface area contributed by atoms with Gasteiger partial charge in [-0.25, -0.2) is 13.8 Å². The quantitative estimate of drug-likeness (QED) is 0.461. The summed E-state index contributed by atoms with van der Waals surface area (Å²) in [6.45, 7) is 0. The lowest BCUT2D eigenvalue weighted by Gasteiger charge is -2.06. The van der Waals surface area contributed by atoms with E-state index in [1.165, 1.54) is 6.07 Å². The van der Waals surface area contributed by atoms with Crippen LogP contribution in [0.4, 0.5) is 13.2 Å². The Morgan fingerprint density at radius 3 is 2.62 bits per heavy atom. The summed E-state index contributed by atoms with van der Waals surface area (Å²) in [6, 6.07) is 1.35. The molecule has 1 rings (SSSR count). The van der Waals surface area contributed by atoms with E-state index in [1.54, 1.807) is 22.6 Å². The normalized spacial score (nSPS) is 10.9. The zero-order valence-electron chi connectivity index (χ0n) is 6.20. The Morgan fingerprint density at radius 1 is 1.54 bits per heavy atom. The van der Waals surface area contributed by atoms with Gasteiger partial charge in [-0.3, -0.25) is 0 Å². The van der Waals surface area contributed by atoms with Gasteiger partial charge in [0.2, 0.25) is 5.95 Å². The van der Waals surface area contributed by atoms with Gasteiger partial charge in [-0.05, 0) is 34.2 Å². The van der Waals surface area contributed by atoms with Gasteiger partial charge >= 0.3 is 0 Å². The van der Waals surface area contributed by atoms with Crippen molar-refractivity contribution >= 4 is 34.2 Å². The smallest absolute Gasteiger partial charge is 0.213 e. The summed E-state index contributed by atoms with van der Waals surface area (Å²) in [5, 5.41) is 0. The van der Waals surface area contributed by atoms with Gasteiger partial charge in [0.15, 0.2) is 0 Å². The highest BCUT2D eigenvalue weighted by molar-refractivity contribution is 14.1. The van der Waals surface area contributed by atoms with Crippen LogP contribution in [0.3, 0.4) is 0 Å². The number of rotatable bonds is 2. The van der Waals surface area contributed by atoms with Gasteiger partial charge in [0, 0.05) is 5.88 Å². The molecule has 0 radical (unpaired) electrons. The van der Waals surface area contributed by atoms with Crippen molar-refractivity contribution in [3.8, 4) is 0 Å². The van der Waals surface area contributed by atoms with Crippen molar-refractivity contribution < 1.29 is 13.2 Å². The number of hydrogen-bond acceptors (Lipinski definition) is 1. The average molecular weight is 321 g/mol. The van der Waals surface area contributed by atoms with Crippen LogP contribution in [0.25, 0.3) is 0 Å². The lowest BCUT2D eigenvalue weighted by molar-refractivity contribution is 0.144. The Kier molecular flexibility index (Phi) is 3.78. The fraction of sp³-hybridized carbons (Fsp3) is 0.286. The Labute approximate surface area is 91.4 Å². The van der Waals surface area contributed by atoms with Gasteiger partial charge in [0.25, 0.3) is 6.43 Å². The van der Waals surface area contributed by atoms with Crippen LogP contribution in [0.1, 0.15) is 17.6 Å². The van der Waals surface area contributed by atoms with E-state index >= 15 is 0 Å². The second-order valence-electron chi connectivity index (χ2n) is 2.24. The van der Waals surface area contributed by atoms with Gasteiger partial charge in [-0.1, -0.05) is 0 Å². The van der Waals surface area contributed by atoms with Crippen LogP contribution in [-0.4, -0.2) is 4.98 Å². The molecule has 0 aliphatic rings. The van der Waals surface area contributed by atoms with E-state index in [0.717, 1.165) is 0 Å². The van der Waals surface area contributed by atoms with Crippen LogP contribution < -0.4 is 0 Å². The zero-order chi connectivity index (χ0) is 10.0. The molecule has 0 unspecified atom stereocenters. The monoisotopic (exact) mass is 321 g/mol. The Balaban J connectivity index is 3.30. The molecular weight excluding hydrogens is 317 g/mol. The zero-order valence-corrected chi connectivity index (χ0v) is 9.11. The van der Waals surface area contributed by atoms with E-state index in [9.17, 15) is 13.2 Å². The third kappa shape index (κ3) is 2.46. The number of aromatic nitrogens is 1. The maximum absolute atomic E-state index is 12.9. The van der Waals surface area contributed by atoms with Crippen LogP contribution in [-0.2, 0) is 5.88 Å². The molecule has 0 aliphatic carbocycles. The number of pyridine rings is 1. The SMILES string of the molecule is Fc1nc(I)cc(CCl)c1C(F)F. The minimum Gasteiger partial charge on any atom is -0.213 e. The highest BCUT2D eigenvalue weighted by Crippen LogP contribution is 2.27. The summed E-state index contributed by atoms with van der Waals surface area (Å²) in [5.74, 6) is -1.28. The first-order valence-corrected chi connectivity index (χ1v) is 4.86. The molecule has 0 N–H and O–H groups in total. The molecule has 0 saturated heterocycles. The molecule has 0 amide bonds. The lowest BCUT2D eigenvalue weighted by Crippen LogP contribution is -2.01. The van der Waals surface area contributed by atoms with Crippen molar-refractivity contribution in [1.82, 2.24) is 4.98 Å². The number of halogens is 5. The highest BCUT2D eigenvalue weighted by Gasteiger charge is 2.19. The molecule has 0 fully saturated rings. The number of nitrogens with zero attached hydrogens (tertiary/aromatic N) is 1. The van der Waals surface area contributed by atoms with Gasteiger partial charge in [-0.15, -0.1) is 11.6 Å². The third-order valence-electron chi connectivity index (χ3n) is 1.43. The number of hydrogen-bond donors (Lipinski definition) is 0. The minimum absolute atomic E-state index is 0.0913. The van der Waals surface area contributed by atoms with Crippen molar-refractivity contribution in [3.63, 3.8) is 0 Å². The molecule has 1 heterocycles. The van der Waals surface area contributed by atoms with Crippen molar-refractivity contribution in [2.24, 2.45) is 0 Å². The predicted molar refractivity (Wildman–Crippen MR) is 51.4 cm³/mol. The van der Waals surface area contributed by atoms with Crippen LogP contribution >= 0.6 is 34.2 Å². The standard InChI is InChI=1S/C7H4ClF3IN/c8-2-3-1-4(12)13-7(11)5(3)6(9)10/h1,6H,2H2. The third-order valence-corrected chi connectivity index (χ3v) is 2.27. The van der Waals surface area contributed by atoms with Gasteiger partial charge in [0.05, 0.1) is 5.56 Å². The molecule has 1 aromatic heterocycles. The molecule has 1 aromatic rings.